The van der Waals surface area contributed by atoms with Crippen LogP contribution in [0.2, 0.25) is 0 Å². The molecule has 3 heterocycles. The van der Waals surface area contributed by atoms with Gasteiger partial charge in [0.25, 0.3) is 0 Å². The van der Waals surface area contributed by atoms with Crippen molar-refractivity contribution in [2.45, 2.75) is 83.0 Å². The Labute approximate surface area is 340 Å². The zero-order valence-corrected chi connectivity index (χ0v) is 35.0. The Morgan fingerprint density at radius 2 is 1.56 bits per heavy atom. The molecule has 12 N–H and O–H groups in total. The number of nitrogens with zero attached hydrogens (tertiary/aromatic N) is 4. The number of nitrogen functional groups attached to an aromatic ring is 1. The number of unbranched alkanes of at least 4 members (excludes halogenated alkanes) is 2. The zero-order chi connectivity index (χ0) is 44.8. The highest BCUT2D eigenvalue weighted by Crippen LogP contribution is 2.61. The fraction of sp³-hybridized carbons (Fsp3) is 0.679. The van der Waals surface area contributed by atoms with Crippen LogP contribution in [-0.4, -0.2) is 140 Å². The van der Waals surface area contributed by atoms with Gasteiger partial charge >= 0.3 is 35.4 Å². The predicted octanol–water partition coefficient (Wildman–Crippen LogP) is -0.559. The number of fused-ring (bicyclic) bond motifs is 1. The number of aromatic nitrogens is 4. The third-order valence-electron chi connectivity index (χ3n) is 7.79. The first kappa shape index (κ1) is 52.0. The fourth-order valence-electron chi connectivity index (χ4n) is 4.86. The number of anilines is 1. The van der Waals surface area contributed by atoms with Crippen LogP contribution in [0.5, 0.6) is 0 Å². The van der Waals surface area contributed by atoms with Crippen molar-refractivity contribution in [3.63, 3.8) is 0 Å². The minimum Gasteiger partial charge on any atom is -0.481 e. The van der Waals surface area contributed by atoms with E-state index < -0.39 is 90.6 Å². The van der Waals surface area contributed by atoms with E-state index in [-0.39, 0.29) is 48.7 Å². The second-order valence-corrected chi connectivity index (χ2v) is 17.8. The number of hydrogen-bond donors (Lipinski definition) is 12. The molecule has 0 bridgehead atoms. The van der Waals surface area contributed by atoms with Crippen molar-refractivity contribution in [2.75, 3.05) is 37.8 Å². The molecule has 1 fully saturated rings. The van der Waals surface area contributed by atoms with E-state index in [9.17, 15) is 62.7 Å². The van der Waals surface area contributed by atoms with Gasteiger partial charge in [0, 0.05) is 43.5 Å². The van der Waals surface area contributed by atoms with Crippen molar-refractivity contribution >= 4 is 76.8 Å². The summed E-state index contributed by atoms with van der Waals surface area (Å²) < 4.78 is 61.7. The number of amides is 2. The number of aliphatic hydroxyl groups is 2. The molecular weight excluding hydrogens is 879 g/mol. The van der Waals surface area contributed by atoms with Gasteiger partial charge in [0.15, 0.2) is 17.7 Å². The number of phosphoric ester groups is 3. The molecule has 336 valence electrons. The van der Waals surface area contributed by atoms with Gasteiger partial charge in [0.1, 0.15) is 36.3 Å². The summed E-state index contributed by atoms with van der Waals surface area (Å²) in [6, 6.07) is 0. The number of aliphatic hydroxyl groups excluding tert-OH is 2. The van der Waals surface area contributed by atoms with Crippen molar-refractivity contribution < 1.29 is 95.5 Å². The lowest BCUT2D eigenvalue weighted by molar-refractivity contribution is -0.138. The van der Waals surface area contributed by atoms with Crippen LogP contribution in [0, 0.1) is 5.41 Å². The first-order valence-corrected chi connectivity index (χ1v) is 22.4. The first-order chi connectivity index (χ1) is 27.3. The number of aliphatic carboxylic acids is 2. The summed E-state index contributed by atoms with van der Waals surface area (Å²) in [5, 5.41) is 42.5. The van der Waals surface area contributed by atoms with Gasteiger partial charge in [0.2, 0.25) is 11.8 Å². The number of rotatable bonds is 24. The van der Waals surface area contributed by atoms with Crippen LogP contribution in [0.25, 0.3) is 11.2 Å². The van der Waals surface area contributed by atoms with E-state index in [1.54, 1.807) is 0 Å². The summed E-state index contributed by atoms with van der Waals surface area (Å²) in [6.45, 7) is 0.723. The highest BCUT2D eigenvalue weighted by molar-refractivity contribution is 7.80. The number of ether oxygens (including phenoxy) is 1. The molecule has 0 spiro atoms. The minimum absolute atomic E-state index is 0.0363. The van der Waals surface area contributed by atoms with E-state index in [0.717, 1.165) is 17.2 Å². The van der Waals surface area contributed by atoms with Crippen LogP contribution < -0.4 is 16.4 Å². The molecule has 31 heteroatoms. The number of carboxylic acids is 2. The number of carbonyl (C=O) groups excluding carboxylic acids is 2. The smallest absolute Gasteiger partial charge is 0.481 e. The number of carbonyl (C=O) groups is 4. The van der Waals surface area contributed by atoms with Gasteiger partial charge in [-0.1, -0.05) is 20.3 Å². The van der Waals surface area contributed by atoms with Crippen LogP contribution in [0.15, 0.2) is 12.7 Å². The number of phosphoric acid groups is 3. The topological polar surface area (TPSA) is 421 Å². The molecule has 2 aromatic rings. The number of carboxylic acid groups (broad SMARTS) is 2. The molecule has 2 amide bonds. The number of hydrogen-bond acceptors (Lipinski definition) is 19. The average Bonchev–Trinajstić information content (AvgIpc) is 3.68. The van der Waals surface area contributed by atoms with Gasteiger partial charge in [-0.3, -0.25) is 37.3 Å². The second-order valence-electron chi connectivity index (χ2n) is 13.1. The largest absolute Gasteiger partial charge is 0.481 e. The molecule has 1 saturated heterocycles. The van der Waals surface area contributed by atoms with Crippen molar-refractivity contribution in [3.8, 4) is 0 Å². The Kier molecular flexibility index (Phi) is 20.4. The van der Waals surface area contributed by atoms with Gasteiger partial charge in [-0.05, 0) is 12.8 Å². The van der Waals surface area contributed by atoms with Crippen molar-refractivity contribution in [3.05, 3.63) is 12.7 Å². The highest BCUT2D eigenvalue weighted by atomic mass is 32.1. The van der Waals surface area contributed by atoms with E-state index >= 15 is 0 Å². The maximum absolute atomic E-state index is 12.6. The number of nitrogens with two attached hydrogens (primary N) is 1. The van der Waals surface area contributed by atoms with Gasteiger partial charge in [-0.15, -0.1) is 0 Å². The van der Waals surface area contributed by atoms with Gasteiger partial charge in [-0.25, -0.2) is 28.6 Å². The lowest BCUT2D eigenvalue weighted by Crippen LogP contribution is -2.46. The van der Waals surface area contributed by atoms with E-state index in [4.69, 9.17) is 29.7 Å². The highest BCUT2D eigenvalue weighted by Gasteiger charge is 2.50. The van der Waals surface area contributed by atoms with Crippen LogP contribution in [0.3, 0.4) is 0 Å². The van der Waals surface area contributed by atoms with Crippen molar-refractivity contribution in [1.29, 1.82) is 0 Å². The molecular formula is C28H48N7O20P3S. The van der Waals surface area contributed by atoms with E-state index in [1.165, 1.54) is 13.8 Å². The fourth-order valence-corrected chi connectivity index (χ4v) is 7.81. The van der Waals surface area contributed by atoms with Gasteiger partial charge in [-0.2, -0.15) is 16.9 Å². The summed E-state index contributed by atoms with van der Waals surface area (Å²) in [5.41, 5.74) is 4.30. The van der Waals surface area contributed by atoms with E-state index in [1.807, 2.05) is 0 Å². The first-order valence-electron chi connectivity index (χ1n) is 17.2. The van der Waals surface area contributed by atoms with Crippen LogP contribution in [0.4, 0.5) is 5.82 Å². The molecule has 3 rings (SSSR count). The molecule has 2 unspecified atom stereocenters. The number of nitrogens with one attached hydrogen (secondary N) is 2. The van der Waals surface area contributed by atoms with Crippen LogP contribution in [0.1, 0.15) is 58.6 Å². The summed E-state index contributed by atoms with van der Waals surface area (Å²) >= 11 is 3.95. The third kappa shape index (κ3) is 18.1. The molecule has 1 aliphatic heterocycles. The molecule has 7 atom stereocenters. The van der Waals surface area contributed by atoms with Crippen LogP contribution in [-0.2, 0) is 55.5 Å². The summed E-state index contributed by atoms with van der Waals surface area (Å²) in [6.07, 6.45) is -4.64. The van der Waals surface area contributed by atoms with Crippen LogP contribution >= 0.6 is 36.1 Å². The maximum atomic E-state index is 12.6. The van der Waals surface area contributed by atoms with Crippen molar-refractivity contribution in [2.24, 2.45) is 5.41 Å². The monoisotopic (exact) mass is 927 g/mol. The quantitative estimate of drug-likeness (QED) is 0.0357. The normalized spacial score (nSPS) is 20.8. The lowest BCUT2D eigenvalue weighted by atomic mass is 9.87. The Bertz CT molecular complexity index is 1870. The van der Waals surface area contributed by atoms with Gasteiger partial charge < -0.3 is 61.1 Å². The average molecular weight is 928 g/mol. The van der Waals surface area contributed by atoms with Gasteiger partial charge in [0.05, 0.1) is 19.5 Å². The summed E-state index contributed by atoms with van der Waals surface area (Å²) in [5.74, 6) is -2.58. The lowest BCUT2D eigenvalue weighted by Gasteiger charge is -2.30. The summed E-state index contributed by atoms with van der Waals surface area (Å²) in [7, 11) is -16.3. The Balaban J connectivity index is 0.000000951. The molecule has 59 heavy (non-hydrogen) atoms. The predicted molar refractivity (Wildman–Crippen MR) is 202 cm³/mol. The SMILES string of the molecule is CC(C)(COP(=O)(O)OP(=O)(O)OC[C@H]1O[C@@H](n2cnc3c(N)ncnc32)[C@H](O)[C@@H]1OP(=O)(O)O)[C@@H](O)C(=O)NCCC(=O)NCCS.O=C(O)CCCCCC(=O)O. The molecule has 0 aromatic carbocycles. The Hall–Kier alpha value is -3.17. The number of thiol groups is 1. The second kappa shape index (κ2) is 23.2. The molecule has 0 aliphatic carbocycles. The Morgan fingerprint density at radius 1 is 0.949 bits per heavy atom. The third-order valence-corrected chi connectivity index (χ3v) is 11.1. The molecule has 1 aliphatic rings. The number of imidazole rings is 1. The van der Waals surface area contributed by atoms with E-state index in [2.05, 4.69) is 47.0 Å². The maximum Gasteiger partial charge on any atom is 0.481 e. The molecule has 27 nitrogen and oxygen atoms in total. The molecule has 0 saturated carbocycles. The summed E-state index contributed by atoms with van der Waals surface area (Å²) in [4.78, 5) is 94.6. The van der Waals surface area contributed by atoms with E-state index in [0.29, 0.717) is 31.6 Å². The van der Waals surface area contributed by atoms with Crippen molar-refractivity contribution in [1.82, 2.24) is 30.2 Å². The molecule has 0 radical (unpaired) electrons. The Morgan fingerprint density at radius 3 is 2.14 bits per heavy atom. The standard InChI is InChI=1S/C21H36N7O16P3S.C7H12O4/c1-21(2,16(31)19(32)24-4-3-12(29)23-5-6-48)8-41-47(38,39)44-46(36,37)40-7-11-15(43-45(33,34)35)14(30)20(42-11)28-10-27-13-17(22)25-9-26-18(13)28;8-6(9)4-2-1-3-5-7(10)11/h9-11,14-16,20,30-31,48H,3-8H2,1-2H3,(H,23,29)(H,24,32)(H,36,37)(H,38,39)(H2,22,25,26)(H2,33,34,35);1-5H2,(H,8,9)(H,10,11)/t11-,14-,15-,16+,20-;/m1./s1. The molecule has 2 aromatic heterocycles. The zero-order valence-electron chi connectivity index (χ0n) is 31.5. The minimum atomic E-state index is -5.54.